The van der Waals surface area contributed by atoms with Crippen molar-refractivity contribution >= 4 is 0 Å². The van der Waals surface area contributed by atoms with Crippen molar-refractivity contribution in [1.82, 2.24) is 20.1 Å². The van der Waals surface area contributed by atoms with Crippen molar-refractivity contribution in [3.05, 3.63) is 17.8 Å². The van der Waals surface area contributed by atoms with Crippen molar-refractivity contribution < 1.29 is 9.26 Å². The van der Waals surface area contributed by atoms with Crippen molar-refractivity contribution in [2.75, 3.05) is 6.61 Å². The third-order valence-electron chi connectivity index (χ3n) is 3.99. The Morgan fingerprint density at radius 2 is 2.24 bits per heavy atom. The van der Waals surface area contributed by atoms with Crippen molar-refractivity contribution in [3.8, 4) is 11.6 Å². The molecule has 2 heterocycles. The second-order valence-electron chi connectivity index (χ2n) is 6.02. The molecule has 0 amide bonds. The SMILES string of the molecule is CCOC(C)(C)c1noc(-c2cnc(C3(N)CCC3)[nH]2)n1. The Balaban J connectivity index is 1.83. The fourth-order valence-corrected chi connectivity index (χ4v) is 2.48. The minimum absolute atomic E-state index is 0.328. The molecule has 0 radical (unpaired) electrons. The smallest absolute Gasteiger partial charge is 0.276 e. The van der Waals surface area contributed by atoms with Crippen LogP contribution in [-0.4, -0.2) is 26.7 Å². The van der Waals surface area contributed by atoms with Crippen LogP contribution in [0.1, 0.15) is 51.7 Å². The first-order valence-electron chi connectivity index (χ1n) is 7.27. The van der Waals surface area contributed by atoms with Gasteiger partial charge >= 0.3 is 0 Å². The number of nitrogens with two attached hydrogens (primary N) is 1. The molecule has 114 valence electrons. The lowest BCUT2D eigenvalue weighted by Crippen LogP contribution is -2.44. The van der Waals surface area contributed by atoms with Gasteiger partial charge in [0.1, 0.15) is 17.1 Å². The monoisotopic (exact) mass is 291 g/mol. The van der Waals surface area contributed by atoms with E-state index in [1.165, 1.54) is 0 Å². The summed E-state index contributed by atoms with van der Waals surface area (Å²) in [5, 5.41) is 4.00. The summed E-state index contributed by atoms with van der Waals surface area (Å²) in [6, 6.07) is 0. The zero-order valence-corrected chi connectivity index (χ0v) is 12.6. The molecular weight excluding hydrogens is 270 g/mol. The molecule has 21 heavy (non-hydrogen) atoms. The molecule has 0 bridgehead atoms. The van der Waals surface area contributed by atoms with E-state index in [2.05, 4.69) is 20.1 Å². The summed E-state index contributed by atoms with van der Waals surface area (Å²) < 4.78 is 10.9. The first kappa shape index (κ1) is 14.2. The quantitative estimate of drug-likeness (QED) is 0.874. The number of nitrogens with zero attached hydrogens (tertiary/aromatic N) is 3. The number of hydrogen-bond acceptors (Lipinski definition) is 6. The molecule has 0 aromatic carbocycles. The van der Waals surface area contributed by atoms with Gasteiger partial charge in [0.2, 0.25) is 5.82 Å². The molecule has 2 aromatic heterocycles. The number of H-pyrrole nitrogens is 1. The molecule has 0 unspecified atom stereocenters. The molecule has 3 rings (SSSR count). The summed E-state index contributed by atoms with van der Waals surface area (Å²) >= 11 is 0. The van der Waals surface area contributed by atoms with Gasteiger partial charge in [0, 0.05) is 6.61 Å². The zero-order chi connectivity index (χ0) is 15.1. The largest absolute Gasteiger partial charge is 0.368 e. The van der Waals surface area contributed by atoms with Gasteiger partial charge in [0.05, 0.1) is 11.7 Å². The maximum Gasteiger partial charge on any atom is 0.276 e. The molecule has 2 aromatic rings. The number of hydrogen-bond donors (Lipinski definition) is 2. The van der Waals surface area contributed by atoms with Crippen LogP contribution in [0.15, 0.2) is 10.7 Å². The number of nitrogens with one attached hydrogen (secondary N) is 1. The summed E-state index contributed by atoms with van der Waals surface area (Å²) in [6.45, 7) is 6.34. The van der Waals surface area contributed by atoms with Gasteiger partial charge in [-0.25, -0.2) is 4.98 Å². The molecule has 0 atom stereocenters. The minimum Gasteiger partial charge on any atom is -0.368 e. The predicted molar refractivity (Wildman–Crippen MR) is 76.2 cm³/mol. The lowest BCUT2D eigenvalue weighted by atomic mass is 9.77. The summed E-state index contributed by atoms with van der Waals surface area (Å²) in [4.78, 5) is 11.9. The maximum atomic E-state index is 6.25. The lowest BCUT2D eigenvalue weighted by molar-refractivity contribution is -0.0221. The number of aromatic nitrogens is 4. The van der Waals surface area contributed by atoms with E-state index >= 15 is 0 Å². The first-order valence-corrected chi connectivity index (χ1v) is 7.27. The van der Waals surface area contributed by atoms with E-state index in [9.17, 15) is 0 Å². The van der Waals surface area contributed by atoms with Gasteiger partial charge in [-0.2, -0.15) is 4.98 Å². The van der Waals surface area contributed by atoms with Gasteiger partial charge in [-0.05, 0) is 40.0 Å². The fraction of sp³-hybridized carbons (Fsp3) is 0.643. The standard InChI is InChI=1S/C14H21N5O2/c1-4-20-13(2,3)11-18-10(21-19-11)9-8-16-12(17-9)14(15)6-5-7-14/h8H,4-7,15H2,1-3H3,(H,16,17). The fourth-order valence-electron chi connectivity index (χ4n) is 2.48. The van der Waals surface area contributed by atoms with Crippen LogP contribution in [0.4, 0.5) is 0 Å². The van der Waals surface area contributed by atoms with Crippen LogP contribution >= 0.6 is 0 Å². The highest BCUT2D eigenvalue weighted by Crippen LogP contribution is 2.37. The highest BCUT2D eigenvalue weighted by molar-refractivity contribution is 5.46. The van der Waals surface area contributed by atoms with Gasteiger partial charge in [0.25, 0.3) is 5.89 Å². The number of aromatic amines is 1. The van der Waals surface area contributed by atoms with E-state index in [0.29, 0.717) is 24.0 Å². The molecule has 1 aliphatic rings. The first-order chi connectivity index (χ1) is 9.94. The second kappa shape index (κ2) is 4.92. The highest BCUT2D eigenvalue weighted by Gasteiger charge is 2.37. The highest BCUT2D eigenvalue weighted by atomic mass is 16.5. The number of imidazole rings is 1. The van der Waals surface area contributed by atoms with Crippen LogP contribution in [0.5, 0.6) is 0 Å². The second-order valence-corrected chi connectivity index (χ2v) is 6.02. The minimum atomic E-state index is -0.581. The maximum absolute atomic E-state index is 6.25. The van der Waals surface area contributed by atoms with Gasteiger partial charge < -0.3 is 20.0 Å². The van der Waals surface area contributed by atoms with Crippen LogP contribution in [0, 0.1) is 0 Å². The molecule has 1 fully saturated rings. The average Bonchev–Trinajstić information content (AvgIpc) is 3.04. The van der Waals surface area contributed by atoms with Crippen molar-refractivity contribution in [1.29, 1.82) is 0 Å². The molecule has 0 aliphatic heterocycles. The van der Waals surface area contributed by atoms with Crippen molar-refractivity contribution in [2.24, 2.45) is 5.73 Å². The topological polar surface area (TPSA) is 103 Å². The van der Waals surface area contributed by atoms with Gasteiger partial charge in [-0.3, -0.25) is 0 Å². The molecule has 7 heteroatoms. The normalized spacial score (nSPS) is 17.7. The molecule has 0 spiro atoms. The summed E-state index contributed by atoms with van der Waals surface area (Å²) in [5.41, 5.74) is 6.03. The Morgan fingerprint density at radius 1 is 1.48 bits per heavy atom. The molecule has 1 aliphatic carbocycles. The predicted octanol–water partition coefficient (Wildman–Crippen LogP) is 2.07. The summed E-state index contributed by atoms with van der Waals surface area (Å²) in [7, 11) is 0. The van der Waals surface area contributed by atoms with E-state index < -0.39 is 5.60 Å². The van der Waals surface area contributed by atoms with Crippen LogP contribution in [0.25, 0.3) is 11.6 Å². The van der Waals surface area contributed by atoms with Crippen molar-refractivity contribution in [2.45, 2.75) is 51.2 Å². The zero-order valence-electron chi connectivity index (χ0n) is 12.6. The van der Waals surface area contributed by atoms with Crippen LogP contribution in [0.2, 0.25) is 0 Å². The Labute approximate surface area is 123 Å². The third kappa shape index (κ3) is 2.47. The number of ether oxygens (including phenoxy) is 1. The number of rotatable bonds is 5. The van der Waals surface area contributed by atoms with E-state index in [1.54, 1.807) is 6.20 Å². The average molecular weight is 291 g/mol. The molecule has 3 N–H and O–H groups in total. The van der Waals surface area contributed by atoms with Gasteiger partial charge in [0.15, 0.2) is 0 Å². The van der Waals surface area contributed by atoms with Gasteiger partial charge in [-0.15, -0.1) is 0 Å². The van der Waals surface area contributed by atoms with E-state index in [4.69, 9.17) is 15.0 Å². The Kier molecular flexibility index (Phi) is 3.33. The van der Waals surface area contributed by atoms with Crippen LogP contribution in [-0.2, 0) is 15.9 Å². The molecule has 0 saturated heterocycles. The van der Waals surface area contributed by atoms with E-state index in [0.717, 1.165) is 25.1 Å². The van der Waals surface area contributed by atoms with Crippen LogP contribution in [0.3, 0.4) is 0 Å². The lowest BCUT2D eigenvalue weighted by Gasteiger charge is -2.35. The Morgan fingerprint density at radius 3 is 2.86 bits per heavy atom. The molecule has 1 saturated carbocycles. The summed E-state index contributed by atoms with van der Waals surface area (Å²) in [5.74, 6) is 1.70. The van der Waals surface area contributed by atoms with Crippen LogP contribution < -0.4 is 5.73 Å². The Hall–Kier alpha value is -1.73. The third-order valence-corrected chi connectivity index (χ3v) is 3.99. The van der Waals surface area contributed by atoms with Gasteiger partial charge in [-0.1, -0.05) is 5.16 Å². The Bertz CT molecular complexity index is 627. The molecular formula is C14H21N5O2. The van der Waals surface area contributed by atoms with Crippen molar-refractivity contribution in [3.63, 3.8) is 0 Å². The van der Waals surface area contributed by atoms with E-state index in [-0.39, 0.29) is 5.54 Å². The summed E-state index contributed by atoms with van der Waals surface area (Å²) in [6.07, 6.45) is 4.73. The van der Waals surface area contributed by atoms with E-state index in [1.807, 2.05) is 20.8 Å². The molecule has 7 nitrogen and oxygen atoms in total.